The van der Waals surface area contributed by atoms with Gasteiger partial charge in [0.05, 0.1) is 17.6 Å². The number of likely N-dealkylation sites (N-methyl/N-ethyl adjacent to an activating group) is 1. The molecule has 0 aliphatic heterocycles. The van der Waals surface area contributed by atoms with Crippen LogP contribution >= 0.6 is 11.3 Å². The Morgan fingerprint density at radius 3 is 2.56 bits per heavy atom. The molecule has 2 aromatic heterocycles. The predicted octanol–water partition coefficient (Wildman–Crippen LogP) is 4.11. The summed E-state index contributed by atoms with van der Waals surface area (Å²) in [5.74, 6) is -3.81. The average Bonchev–Trinajstić information content (AvgIpc) is 2.88. The second kappa shape index (κ2) is 7.15. The normalized spacial score (nSPS) is 11.1. The summed E-state index contributed by atoms with van der Waals surface area (Å²) in [6, 6.07) is 1.73. The third-order valence-electron chi connectivity index (χ3n) is 4.17. The Morgan fingerprint density at radius 2 is 1.85 bits per heavy atom. The lowest BCUT2D eigenvalue weighted by Gasteiger charge is -2.19. The zero-order valence-electron chi connectivity index (χ0n) is 15.2. The Bertz CT molecular complexity index is 1050. The highest BCUT2D eigenvalue weighted by Crippen LogP contribution is 2.34. The van der Waals surface area contributed by atoms with Crippen LogP contribution in [0.5, 0.6) is 0 Å². The van der Waals surface area contributed by atoms with Crippen molar-refractivity contribution in [3.05, 3.63) is 45.8 Å². The second-order valence-electron chi connectivity index (χ2n) is 6.18. The number of anilines is 2. The largest absolute Gasteiger partial charge is 0.350 e. The van der Waals surface area contributed by atoms with Gasteiger partial charge in [-0.05, 0) is 38.5 Å². The fourth-order valence-electron chi connectivity index (χ4n) is 2.71. The van der Waals surface area contributed by atoms with Gasteiger partial charge < -0.3 is 10.2 Å². The van der Waals surface area contributed by atoms with Crippen LogP contribution in [0.3, 0.4) is 0 Å². The number of carbonyl (C=O) groups excluding carboxylic acids is 1. The summed E-state index contributed by atoms with van der Waals surface area (Å²) in [4.78, 5) is 24.7. The fourth-order valence-corrected chi connectivity index (χ4v) is 3.78. The molecular formula is C18H17F3N4OS. The van der Waals surface area contributed by atoms with E-state index in [0.29, 0.717) is 11.6 Å². The van der Waals surface area contributed by atoms with Crippen LogP contribution in [0.2, 0.25) is 0 Å². The van der Waals surface area contributed by atoms with Crippen LogP contribution < -0.4 is 10.2 Å². The van der Waals surface area contributed by atoms with E-state index in [1.54, 1.807) is 30.2 Å². The van der Waals surface area contributed by atoms with Crippen molar-refractivity contribution in [1.29, 1.82) is 0 Å². The van der Waals surface area contributed by atoms with Gasteiger partial charge in [-0.2, -0.15) is 0 Å². The monoisotopic (exact) mass is 394 g/mol. The molecule has 9 heteroatoms. The maximum absolute atomic E-state index is 13.7. The molecule has 0 fully saturated rings. The molecule has 1 amide bonds. The van der Waals surface area contributed by atoms with E-state index in [1.165, 1.54) is 0 Å². The molecular weight excluding hydrogens is 377 g/mol. The Hall–Kier alpha value is -2.68. The summed E-state index contributed by atoms with van der Waals surface area (Å²) in [6.07, 6.45) is 0. The molecule has 142 valence electrons. The molecule has 0 saturated carbocycles. The lowest BCUT2D eigenvalue weighted by Crippen LogP contribution is -2.31. The molecule has 27 heavy (non-hydrogen) atoms. The Morgan fingerprint density at radius 1 is 1.15 bits per heavy atom. The maximum Gasteiger partial charge on any atom is 0.244 e. The summed E-state index contributed by atoms with van der Waals surface area (Å²) < 4.78 is 40.1. The van der Waals surface area contributed by atoms with E-state index in [2.05, 4.69) is 15.3 Å². The van der Waals surface area contributed by atoms with E-state index in [0.717, 1.165) is 32.8 Å². The lowest BCUT2D eigenvalue weighted by molar-refractivity contribution is -0.114. The first-order valence-electron chi connectivity index (χ1n) is 8.08. The van der Waals surface area contributed by atoms with Crippen molar-refractivity contribution >= 4 is 39.0 Å². The van der Waals surface area contributed by atoms with Crippen molar-refractivity contribution in [3.8, 4) is 0 Å². The van der Waals surface area contributed by atoms with Crippen molar-refractivity contribution in [3.63, 3.8) is 0 Å². The molecule has 2 heterocycles. The van der Waals surface area contributed by atoms with E-state index in [-0.39, 0.29) is 6.54 Å². The Kier molecular flexibility index (Phi) is 5.05. The standard InChI is InChI=1S/C18H17F3N4OS/c1-8-9(2)27-18-14(8)17(22-10(3)23-18)25(4)7-13(26)24-12-6-5-11(19)15(20)16(12)21/h5-6H,7H2,1-4H3,(H,24,26). The molecule has 0 bridgehead atoms. The second-order valence-corrected chi connectivity index (χ2v) is 7.39. The summed E-state index contributed by atoms with van der Waals surface area (Å²) in [5.41, 5.74) is 0.614. The van der Waals surface area contributed by atoms with Gasteiger partial charge in [0, 0.05) is 11.9 Å². The van der Waals surface area contributed by atoms with E-state index >= 15 is 0 Å². The quantitative estimate of drug-likeness (QED) is 0.677. The summed E-state index contributed by atoms with van der Waals surface area (Å²) in [5, 5.41) is 3.12. The number of benzene rings is 1. The van der Waals surface area contributed by atoms with E-state index < -0.39 is 29.0 Å². The smallest absolute Gasteiger partial charge is 0.244 e. The van der Waals surface area contributed by atoms with Crippen LogP contribution in [0.25, 0.3) is 10.2 Å². The van der Waals surface area contributed by atoms with Crippen molar-refractivity contribution in [1.82, 2.24) is 9.97 Å². The van der Waals surface area contributed by atoms with E-state index in [4.69, 9.17) is 0 Å². The van der Waals surface area contributed by atoms with E-state index in [1.807, 2.05) is 13.8 Å². The molecule has 0 saturated heterocycles. The molecule has 0 aliphatic carbocycles. The van der Waals surface area contributed by atoms with Crippen LogP contribution in [0.15, 0.2) is 12.1 Å². The first kappa shape index (κ1) is 19.1. The van der Waals surface area contributed by atoms with Crippen LogP contribution in [-0.2, 0) is 4.79 Å². The number of rotatable bonds is 4. The zero-order valence-corrected chi connectivity index (χ0v) is 16.0. The number of thiophene rings is 1. The van der Waals surface area contributed by atoms with E-state index in [9.17, 15) is 18.0 Å². The molecule has 0 radical (unpaired) electrons. The first-order chi connectivity index (χ1) is 12.7. The van der Waals surface area contributed by atoms with Crippen molar-refractivity contribution in [2.45, 2.75) is 20.8 Å². The van der Waals surface area contributed by atoms with Gasteiger partial charge in [0.2, 0.25) is 5.91 Å². The number of aromatic nitrogens is 2. The minimum atomic E-state index is -1.63. The van der Waals surface area contributed by atoms with Gasteiger partial charge in [-0.1, -0.05) is 0 Å². The minimum absolute atomic E-state index is 0.154. The lowest BCUT2D eigenvalue weighted by atomic mass is 10.2. The number of nitrogens with one attached hydrogen (secondary N) is 1. The molecule has 1 aromatic carbocycles. The van der Waals surface area contributed by atoms with Crippen LogP contribution in [-0.4, -0.2) is 29.5 Å². The number of hydrogen-bond donors (Lipinski definition) is 1. The third kappa shape index (κ3) is 3.59. The number of fused-ring (bicyclic) bond motifs is 1. The molecule has 0 atom stereocenters. The number of carbonyl (C=O) groups is 1. The highest BCUT2D eigenvalue weighted by molar-refractivity contribution is 7.18. The number of halogens is 3. The average molecular weight is 394 g/mol. The molecule has 3 aromatic rings. The number of aryl methyl sites for hydroxylation is 3. The van der Waals surface area contributed by atoms with Gasteiger partial charge in [-0.3, -0.25) is 4.79 Å². The molecule has 1 N–H and O–H groups in total. The van der Waals surface area contributed by atoms with Gasteiger partial charge in [0.25, 0.3) is 0 Å². The van der Waals surface area contributed by atoms with Gasteiger partial charge in [-0.15, -0.1) is 11.3 Å². The molecule has 0 aliphatic rings. The molecule has 0 spiro atoms. The summed E-state index contributed by atoms with van der Waals surface area (Å²) in [7, 11) is 1.68. The highest BCUT2D eigenvalue weighted by atomic mass is 32.1. The number of amides is 1. The Labute approximate surface area is 157 Å². The minimum Gasteiger partial charge on any atom is -0.350 e. The Balaban J connectivity index is 1.85. The van der Waals surface area contributed by atoms with Crippen LogP contribution in [0, 0.1) is 38.2 Å². The van der Waals surface area contributed by atoms with Crippen LogP contribution in [0.4, 0.5) is 24.7 Å². The summed E-state index contributed by atoms with van der Waals surface area (Å²) in [6.45, 7) is 5.55. The fraction of sp³-hybridized carbons (Fsp3) is 0.278. The van der Waals surface area contributed by atoms with Gasteiger partial charge >= 0.3 is 0 Å². The van der Waals surface area contributed by atoms with Crippen molar-refractivity contribution < 1.29 is 18.0 Å². The molecule has 3 rings (SSSR count). The first-order valence-corrected chi connectivity index (χ1v) is 8.89. The van der Waals surface area contributed by atoms with Gasteiger partial charge in [-0.25, -0.2) is 23.1 Å². The molecule has 5 nitrogen and oxygen atoms in total. The zero-order chi connectivity index (χ0) is 19.9. The number of hydrogen-bond acceptors (Lipinski definition) is 5. The maximum atomic E-state index is 13.7. The van der Waals surface area contributed by atoms with Crippen molar-refractivity contribution in [2.75, 3.05) is 23.8 Å². The highest BCUT2D eigenvalue weighted by Gasteiger charge is 2.20. The summed E-state index contributed by atoms with van der Waals surface area (Å²) >= 11 is 1.55. The van der Waals surface area contributed by atoms with Crippen molar-refractivity contribution in [2.24, 2.45) is 0 Å². The van der Waals surface area contributed by atoms with Crippen LogP contribution in [0.1, 0.15) is 16.3 Å². The topological polar surface area (TPSA) is 58.1 Å². The SMILES string of the molecule is Cc1nc(N(C)CC(=O)Nc2ccc(F)c(F)c2F)c2c(C)c(C)sc2n1. The molecule has 0 unspecified atom stereocenters. The third-order valence-corrected chi connectivity index (χ3v) is 5.27. The predicted molar refractivity (Wildman–Crippen MR) is 99.8 cm³/mol. The van der Waals surface area contributed by atoms with Gasteiger partial charge in [0.15, 0.2) is 17.5 Å². The number of nitrogens with zero attached hydrogens (tertiary/aromatic N) is 3. The van der Waals surface area contributed by atoms with Gasteiger partial charge in [0.1, 0.15) is 16.5 Å².